The molecule has 1 N–H and O–H groups in total. The number of methoxy groups -OCH3 is 1. The maximum Gasteiger partial charge on any atom is 0.435 e. The zero-order chi connectivity index (χ0) is 21.9. The summed E-state index contributed by atoms with van der Waals surface area (Å²) < 4.78 is 62.9. The first kappa shape index (κ1) is 21.0. The van der Waals surface area contributed by atoms with Gasteiger partial charge in [0.05, 0.1) is 7.11 Å². The van der Waals surface area contributed by atoms with Crippen LogP contribution in [0.2, 0.25) is 0 Å². The van der Waals surface area contributed by atoms with Gasteiger partial charge >= 0.3 is 6.18 Å². The van der Waals surface area contributed by atoms with Gasteiger partial charge in [-0.05, 0) is 42.8 Å². The number of nitrogens with zero attached hydrogens (tertiary/aromatic N) is 3. The summed E-state index contributed by atoms with van der Waals surface area (Å²) in [6.07, 6.45) is -3.48. The molecule has 0 saturated carbocycles. The molecule has 0 saturated heterocycles. The van der Waals surface area contributed by atoms with Crippen LogP contribution in [0.1, 0.15) is 21.6 Å². The zero-order valence-corrected chi connectivity index (χ0v) is 15.6. The van der Waals surface area contributed by atoms with Gasteiger partial charge in [0.15, 0.2) is 5.69 Å². The van der Waals surface area contributed by atoms with E-state index in [1.165, 1.54) is 38.4 Å². The Kier molecular flexibility index (Phi) is 5.81. The number of halogens is 4. The third kappa shape index (κ3) is 4.80. The van der Waals surface area contributed by atoms with E-state index in [4.69, 9.17) is 9.47 Å². The van der Waals surface area contributed by atoms with Crippen molar-refractivity contribution in [2.24, 2.45) is 0 Å². The molecule has 3 rings (SSSR count). The molecular weight excluding hydrogens is 408 g/mol. The summed E-state index contributed by atoms with van der Waals surface area (Å²) in [5.74, 6) is -1.64. The third-order valence-electron chi connectivity index (χ3n) is 3.84. The quantitative estimate of drug-likeness (QED) is 0.614. The Morgan fingerprint density at radius 2 is 1.87 bits per heavy atom. The van der Waals surface area contributed by atoms with Crippen molar-refractivity contribution in [1.29, 1.82) is 0 Å². The molecule has 0 fully saturated rings. The summed E-state index contributed by atoms with van der Waals surface area (Å²) in [7, 11) is 1.37. The third-order valence-corrected chi connectivity index (χ3v) is 3.84. The number of carbonyl (C=O) groups is 1. The van der Waals surface area contributed by atoms with Crippen molar-refractivity contribution in [3.05, 3.63) is 65.2 Å². The number of aromatic nitrogens is 3. The predicted octanol–water partition coefficient (Wildman–Crippen LogP) is 4.39. The molecule has 1 aromatic carbocycles. The highest BCUT2D eigenvalue weighted by Crippen LogP contribution is 2.32. The Morgan fingerprint density at radius 1 is 1.10 bits per heavy atom. The number of aryl methyl sites for hydroxylation is 1. The lowest BCUT2D eigenvalue weighted by molar-refractivity contribution is -0.141. The standard InChI is InChI=1S/C19H14F4N4O3/c1-10-7-11(20)3-4-14(10)30-18-13(9-15(26-27-18)19(21,22)23)17(28)25-12-5-6-24-16(8-12)29-2/h3-9H,1-2H3,(H,24,25,28). The van der Waals surface area contributed by atoms with E-state index in [0.29, 0.717) is 11.6 Å². The van der Waals surface area contributed by atoms with Crippen LogP contribution in [0, 0.1) is 12.7 Å². The number of nitrogens with one attached hydrogen (secondary N) is 1. The minimum Gasteiger partial charge on any atom is -0.481 e. The summed E-state index contributed by atoms with van der Waals surface area (Å²) in [6.45, 7) is 1.53. The van der Waals surface area contributed by atoms with E-state index in [0.717, 1.165) is 12.1 Å². The van der Waals surface area contributed by atoms with E-state index in [1.54, 1.807) is 0 Å². The van der Waals surface area contributed by atoms with Gasteiger partial charge in [0.2, 0.25) is 5.88 Å². The largest absolute Gasteiger partial charge is 0.481 e. The molecule has 2 aromatic heterocycles. The van der Waals surface area contributed by atoms with Gasteiger partial charge in [0, 0.05) is 18.0 Å². The molecule has 0 aliphatic carbocycles. The fourth-order valence-corrected chi connectivity index (χ4v) is 2.39. The summed E-state index contributed by atoms with van der Waals surface area (Å²) in [5, 5.41) is 8.93. The molecule has 0 bridgehead atoms. The van der Waals surface area contributed by atoms with Crippen LogP contribution in [0.25, 0.3) is 0 Å². The minimum atomic E-state index is -4.83. The first-order valence-corrected chi connectivity index (χ1v) is 8.37. The molecule has 156 valence electrons. The molecule has 0 radical (unpaired) electrons. The molecule has 0 spiro atoms. The molecule has 2 heterocycles. The lowest BCUT2D eigenvalue weighted by Crippen LogP contribution is -2.18. The second kappa shape index (κ2) is 8.31. The van der Waals surface area contributed by atoms with Crippen molar-refractivity contribution in [3.8, 4) is 17.5 Å². The number of pyridine rings is 1. The van der Waals surface area contributed by atoms with E-state index in [1.807, 2.05) is 0 Å². The van der Waals surface area contributed by atoms with Crippen LogP contribution >= 0.6 is 0 Å². The smallest absolute Gasteiger partial charge is 0.435 e. The fourth-order valence-electron chi connectivity index (χ4n) is 2.39. The van der Waals surface area contributed by atoms with E-state index in [2.05, 4.69) is 20.5 Å². The van der Waals surface area contributed by atoms with E-state index in [-0.39, 0.29) is 17.3 Å². The maximum absolute atomic E-state index is 13.3. The molecule has 0 unspecified atom stereocenters. The van der Waals surface area contributed by atoms with Crippen molar-refractivity contribution >= 4 is 11.6 Å². The van der Waals surface area contributed by atoms with Crippen LogP contribution in [0.3, 0.4) is 0 Å². The minimum absolute atomic E-state index is 0.102. The molecule has 3 aromatic rings. The van der Waals surface area contributed by atoms with Crippen LogP contribution in [0.5, 0.6) is 17.5 Å². The highest BCUT2D eigenvalue weighted by atomic mass is 19.4. The molecule has 11 heteroatoms. The lowest BCUT2D eigenvalue weighted by Gasteiger charge is -2.13. The van der Waals surface area contributed by atoms with E-state index >= 15 is 0 Å². The van der Waals surface area contributed by atoms with E-state index in [9.17, 15) is 22.4 Å². The molecule has 0 aliphatic rings. The number of hydrogen-bond donors (Lipinski definition) is 1. The molecule has 0 aliphatic heterocycles. The average molecular weight is 422 g/mol. The average Bonchev–Trinajstić information content (AvgIpc) is 2.69. The fraction of sp³-hybridized carbons (Fsp3) is 0.158. The second-order valence-corrected chi connectivity index (χ2v) is 6.00. The number of benzene rings is 1. The molecule has 1 amide bonds. The van der Waals surface area contributed by atoms with Crippen LogP contribution in [-0.2, 0) is 6.18 Å². The molecular formula is C19H14F4N4O3. The van der Waals surface area contributed by atoms with Gasteiger partial charge in [-0.3, -0.25) is 4.79 Å². The molecule has 0 atom stereocenters. The lowest BCUT2D eigenvalue weighted by atomic mass is 10.2. The monoisotopic (exact) mass is 422 g/mol. The van der Waals surface area contributed by atoms with Gasteiger partial charge in [-0.1, -0.05) is 0 Å². The Bertz CT molecular complexity index is 1090. The molecule has 30 heavy (non-hydrogen) atoms. The van der Waals surface area contributed by atoms with Gasteiger partial charge in [-0.2, -0.15) is 13.2 Å². The highest BCUT2D eigenvalue weighted by Gasteiger charge is 2.35. The SMILES string of the molecule is COc1cc(NC(=O)c2cc(C(F)(F)F)nnc2Oc2ccc(F)cc2C)ccn1. The van der Waals surface area contributed by atoms with Crippen LogP contribution < -0.4 is 14.8 Å². The van der Waals surface area contributed by atoms with Crippen molar-refractivity contribution in [3.63, 3.8) is 0 Å². The number of carbonyl (C=O) groups excluding carboxylic acids is 1. The second-order valence-electron chi connectivity index (χ2n) is 6.00. The summed E-state index contributed by atoms with van der Waals surface area (Å²) in [5.41, 5.74) is -1.32. The Balaban J connectivity index is 1.99. The number of anilines is 1. The first-order chi connectivity index (χ1) is 14.2. The summed E-state index contributed by atoms with van der Waals surface area (Å²) in [6, 6.07) is 6.85. The topological polar surface area (TPSA) is 86.2 Å². The Labute approximate surface area is 167 Å². The van der Waals surface area contributed by atoms with Crippen LogP contribution in [0.15, 0.2) is 42.6 Å². The number of amides is 1. The van der Waals surface area contributed by atoms with Gasteiger partial charge in [-0.15, -0.1) is 10.2 Å². The van der Waals surface area contributed by atoms with Crippen LogP contribution in [0.4, 0.5) is 23.2 Å². The van der Waals surface area contributed by atoms with Crippen LogP contribution in [-0.4, -0.2) is 28.2 Å². The number of rotatable bonds is 5. The highest BCUT2D eigenvalue weighted by molar-refractivity contribution is 6.06. The summed E-state index contributed by atoms with van der Waals surface area (Å²) >= 11 is 0. The van der Waals surface area contributed by atoms with Crippen molar-refractivity contribution in [1.82, 2.24) is 15.2 Å². The van der Waals surface area contributed by atoms with Crippen molar-refractivity contribution in [2.75, 3.05) is 12.4 Å². The Morgan fingerprint density at radius 3 is 2.53 bits per heavy atom. The first-order valence-electron chi connectivity index (χ1n) is 8.37. The zero-order valence-electron chi connectivity index (χ0n) is 15.6. The normalized spacial score (nSPS) is 11.1. The van der Waals surface area contributed by atoms with Crippen molar-refractivity contribution in [2.45, 2.75) is 13.1 Å². The molecule has 7 nitrogen and oxygen atoms in total. The van der Waals surface area contributed by atoms with E-state index < -0.39 is 35.0 Å². The van der Waals surface area contributed by atoms with Crippen molar-refractivity contribution < 1.29 is 31.8 Å². The van der Waals surface area contributed by atoms with Gasteiger partial charge in [-0.25, -0.2) is 9.37 Å². The number of alkyl halides is 3. The van der Waals surface area contributed by atoms with Gasteiger partial charge in [0.1, 0.15) is 17.1 Å². The summed E-state index contributed by atoms with van der Waals surface area (Å²) in [4.78, 5) is 16.6. The predicted molar refractivity (Wildman–Crippen MR) is 97.0 cm³/mol. The number of ether oxygens (including phenoxy) is 2. The Hall–Kier alpha value is -3.76. The van der Waals surface area contributed by atoms with Gasteiger partial charge in [0.25, 0.3) is 11.8 Å². The van der Waals surface area contributed by atoms with Gasteiger partial charge < -0.3 is 14.8 Å². The number of hydrogen-bond acceptors (Lipinski definition) is 6. The maximum atomic E-state index is 13.3.